The average Bonchev–Trinajstić information content (AvgIpc) is 2.37. The first kappa shape index (κ1) is 14.8. The van der Waals surface area contributed by atoms with Gasteiger partial charge in [0.25, 0.3) is 0 Å². The van der Waals surface area contributed by atoms with Gasteiger partial charge >= 0.3 is 6.03 Å². The number of nitrogens with zero attached hydrogens (tertiary/aromatic N) is 1. The molecule has 0 aromatic heterocycles. The van der Waals surface area contributed by atoms with Crippen LogP contribution in [0.25, 0.3) is 0 Å². The lowest BCUT2D eigenvalue weighted by molar-refractivity contribution is 0.250. The van der Waals surface area contributed by atoms with Gasteiger partial charge in [-0.15, -0.1) is 0 Å². The van der Waals surface area contributed by atoms with Crippen molar-refractivity contribution in [1.29, 1.82) is 0 Å². The third kappa shape index (κ3) is 4.87. The lowest BCUT2D eigenvalue weighted by Crippen LogP contribution is -2.46. The Balaban J connectivity index is 2.62. The Morgan fingerprint density at radius 1 is 1.53 bits per heavy atom. The molecule has 0 saturated heterocycles. The minimum atomic E-state index is -0.472. The molecule has 0 fully saturated rings. The van der Waals surface area contributed by atoms with Crippen LogP contribution in [-0.4, -0.2) is 23.1 Å². The molecule has 0 spiro atoms. The van der Waals surface area contributed by atoms with E-state index in [4.69, 9.17) is 10.9 Å². The Morgan fingerprint density at radius 2 is 2.26 bits per heavy atom. The number of hydrogen-bond acceptors (Lipinski definition) is 3. The average molecular weight is 264 g/mol. The summed E-state index contributed by atoms with van der Waals surface area (Å²) in [7, 11) is 0. The molecule has 19 heavy (non-hydrogen) atoms. The number of aryl methyl sites for hydroxylation is 1. The number of rotatable bonds is 5. The van der Waals surface area contributed by atoms with Gasteiger partial charge in [-0.1, -0.05) is 30.6 Å². The Labute approximate surface area is 112 Å². The highest BCUT2D eigenvalue weighted by Gasteiger charge is 2.15. The second kappa shape index (κ2) is 7.25. The highest BCUT2D eigenvalue weighted by atomic mass is 16.4. The van der Waals surface area contributed by atoms with E-state index in [1.54, 1.807) is 6.07 Å². The van der Waals surface area contributed by atoms with Gasteiger partial charge in [-0.25, -0.2) is 4.79 Å². The number of anilines is 1. The van der Waals surface area contributed by atoms with Crippen LogP contribution in [0.15, 0.2) is 29.4 Å². The number of urea groups is 1. The molecule has 6 heteroatoms. The quantitative estimate of drug-likeness (QED) is 0.283. The van der Waals surface area contributed by atoms with Crippen molar-refractivity contribution in [2.45, 2.75) is 32.7 Å². The van der Waals surface area contributed by atoms with Crippen LogP contribution in [0.2, 0.25) is 0 Å². The number of oxime groups is 1. The lowest BCUT2D eigenvalue weighted by atomic mass is 10.1. The molecule has 5 N–H and O–H groups in total. The Kier molecular flexibility index (Phi) is 5.66. The van der Waals surface area contributed by atoms with Crippen LogP contribution in [0, 0.1) is 6.92 Å². The largest absolute Gasteiger partial charge is 0.409 e. The predicted octanol–water partition coefficient (Wildman–Crippen LogP) is 2.03. The first-order chi connectivity index (χ1) is 9.06. The minimum absolute atomic E-state index is 0.00115. The lowest BCUT2D eigenvalue weighted by Gasteiger charge is -2.17. The molecule has 104 valence electrons. The van der Waals surface area contributed by atoms with Gasteiger partial charge in [-0.2, -0.15) is 0 Å². The summed E-state index contributed by atoms with van der Waals surface area (Å²) >= 11 is 0. The molecule has 0 radical (unpaired) electrons. The molecular weight excluding hydrogens is 244 g/mol. The van der Waals surface area contributed by atoms with E-state index in [1.165, 1.54) is 0 Å². The monoisotopic (exact) mass is 264 g/mol. The fourth-order valence-corrected chi connectivity index (χ4v) is 1.70. The third-order valence-corrected chi connectivity index (χ3v) is 2.63. The Morgan fingerprint density at radius 3 is 2.84 bits per heavy atom. The van der Waals surface area contributed by atoms with E-state index in [0.717, 1.165) is 12.0 Å². The van der Waals surface area contributed by atoms with Crippen molar-refractivity contribution in [3.8, 4) is 0 Å². The van der Waals surface area contributed by atoms with Gasteiger partial charge in [0, 0.05) is 5.69 Å². The first-order valence-electron chi connectivity index (χ1n) is 6.18. The van der Waals surface area contributed by atoms with E-state index in [-0.39, 0.29) is 11.9 Å². The van der Waals surface area contributed by atoms with Crippen molar-refractivity contribution in [3.63, 3.8) is 0 Å². The summed E-state index contributed by atoms with van der Waals surface area (Å²) in [4.78, 5) is 11.8. The van der Waals surface area contributed by atoms with Crippen LogP contribution < -0.4 is 16.4 Å². The maximum Gasteiger partial charge on any atom is 0.319 e. The van der Waals surface area contributed by atoms with Crippen molar-refractivity contribution in [3.05, 3.63) is 29.8 Å². The van der Waals surface area contributed by atoms with Crippen molar-refractivity contribution in [2.24, 2.45) is 10.9 Å². The van der Waals surface area contributed by atoms with Crippen LogP contribution >= 0.6 is 0 Å². The number of amidine groups is 1. The summed E-state index contributed by atoms with van der Waals surface area (Å²) in [5.74, 6) is 0.00115. The van der Waals surface area contributed by atoms with Gasteiger partial charge in [0.2, 0.25) is 0 Å². The minimum Gasteiger partial charge on any atom is -0.409 e. The van der Waals surface area contributed by atoms with Crippen LogP contribution in [0.1, 0.15) is 25.3 Å². The SMILES string of the molecule is CCCC(NC(=O)Nc1cccc(C)c1)/C(N)=N/O. The second-order valence-electron chi connectivity index (χ2n) is 4.33. The Bertz CT molecular complexity index is 460. The predicted molar refractivity (Wildman–Crippen MR) is 75.4 cm³/mol. The van der Waals surface area contributed by atoms with Crippen LogP contribution in [0.3, 0.4) is 0 Å². The smallest absolute Gasteiger partial charge is 0.319 e. The summed E-state index contributed by atoms with van der Waals surface area (Å²) in [6.45, 7) is 3.90. The van der Waals surface area contributed by atoms with Crippen LogP contribution in [0.5, 0.6) is 0 Å². The molecule has 1 aromatic rings. The molecule has 0 aliphatic heterocycles. The van der Waals surface area contributed by atoms with Gasteiger partial charge in [-0.3, -0.25) is 0 Å². The second-order valence-corrected chi connectivity index (χ2v) is 4.33. The highest BCUT2D eigenvalue weighted by molar-refractivity contribution is 5.94. The highest BCUT2D eigenvalue weighted by Crippen LogP contribution is 2.09. The maximum atomic E-state index is 11.8. The van der Waals surface area contributed by atoms with Crippen molar-refractivity contribution in [2.75, 3.05) is 5.32 Å². The standard InChI is InChI=1S/C13H20N4O2/c1-3-5-11(12(14)17-19)16-13(18)15-10-7-4-6-9(2)8-10/h4,6-8,11,19H,3,5H2,1-2H3,(H2,14,17)(H2,15,16,18). The number of amides is 2. The third-order valence-electron chi connectivity index (χ3n) is 2.63. The molecule has 6 nitrogen and oxygen atoms in total. The zero-order valence-corrected chi connectivity index (χ0v) is 11.2. The van der Waals surface area contributed by atoms with Crippen LogP contribution in [0.4, 0.5) is 10.5 Å². The van der Waals surface area contributed by atoms with Gasteiger partial charge in [0.15, 0.2) is 5.84 Å². The summed E-state index contributed by atoms with van der Waals surface area (Å²) in [5, 5.41) is 17.0. The molecule has 1 rings (SSSR count). The summed E-state index contributed by atoms with van der Waals surface area (Å²) < 4.78 is 0. The normalized spacial score (nSPS) is 12.8. The number of hydrogen-bond donors (Lipinski definition) is 4. The van der Waals surface area contributed by atoms with Crippen molar-refractivity contribution in [1.82, 2.24) is 5.32 Å². The molecular formula is C13H20N4O2. The number of benzene rings is 1. The van der Waals surface area contributed by atoms with E-state index in [2.05, 4.69) is 15.8 Å². The zero-order valence-electron chi connectivity index (χ0n) is 11.2. The van der Waals surface area contributed by atoms with E-state index in [1.807, 2.05) is 32.0 Å². The Hall–Kier alpha value is -2.24. The van der Waals surface area contributed by atoms with Gasteiger partial charge in [0.05, 0.1) is 6.04 Å². The molecule has 1 aromatic carbocycles. The fourth-order valence-electron chi connectivity index (χ4n) is 1.70. The number of carbonyl (C=O) groups excluding carboxylic acids is 1. The fraction of sp³-hybridized carbons (Fsp3) is 0.385. The first-order valence-corrected chi connectivity index (χ1v) is 6.18. The number of carbonyl (C=O) groups is 1. The maximum absolute atomic E-state index is 11.8. The van der Waals surface area contributed by atoms with E-state index in [9.17, 15) is 4.79 Å². The van der Waals surface area contributed by atoms with Gasteiger partial charge in [0.1, 0.15) is 0 Å². The summed E-state index contributed by atoms with van der Waals surface area (Å²) in [6, 6.07) is 6.61. The zero-order chi connectivity index (χ0) is 14.3. The molecule has 0 heterocycles. The summed E-state index contributed by atoms with van der Waals surface area (Å²) in [5.41, 5.74) is 7.28. The van der Waals surface area contributed by atoms with Gasteiger partial charge in [-0.05, 0) is 31.0 Å². The summed E-state index contributed by atoms with van der Waals surface area (Å²) in [6.07, 6.45) is 1.42. The van der Waals surface area contributed by atoms with Crippen molar-refractivity contribution < 1.29 is 10.0 Å². The molecule has 0 bridgehead atoms. The number of nitrogens with two attached hydrogens (primary N) is 1. The topological polar surface area (TPSA) is 99.7 Å². The molecule has 2 amide bonds. The molecule has 0 aliphatic carbocycles. The molecule has 0 saturated carbocycles. The van der Waals surface area contributed by atoms with E-state index in [0.29, 0.717) is 12.1 Å². The number of nitrogens with one attached hydrogen (secondary N) is 2. The van der Waals surface area contributed by atoms with Crippen LogP contribution in [-0.2, 0) is 0 Å². The van der Waals surface area contributed by atoms with Crippen molar-refractivity contribution >= 4 is 17.6 Å². The molecule has 1 atom stereocenters. The van der Waals surface area contributed by atoms with E-state index >= 15 is 0 Å². The van der Waals surface area contributed by atoms with Gasteiger partial charge < -0.3 is 21.6 Å². The molecule has 0 aliphatic rings. The molecule has 1 unspecified atom stereocenters. The van der Waals surface area contributed by atoms with E-state index < -0.39 is 6.04 Å².